The predicted octanol–water partition coefficient (Wildman–Crippen LogP) is 1.69. The molecule has 0 unspecified atom stereocenters. The van der Waals surface area contributed by atoms with E-state index in [9.17, 15) is 9.59 Å². The number of aliphatic carboxylic acids is 1. The standard InChI is InChI=1S/C10H15N3O3S/c1-2-3-7-6-17-10(12-7)13-9(16)11-5-4-8(14)15/h6H,2-5H2,1H3,(H,14,15)(H2,11,12,13,16). The van der Waals surface area contributed by atoms with Crippen molar-refractivity contribution in [3.05, 3.63) is 11.1 Å². The van der Waals surface area contributed by atoms with Gasteiger partial charge in [-0.15, -0.1) is 11.3 Å². The Labute approximate surface area is 103 Å². The van der Waals surface area contributed by atoms with Crippen molar-refractivity contribution in [3.63, 3.8) is 0 Å². The van der Waals surface area contributed by atoms with Gasteiger partial charge in [0.2, 0.25) is 0 Å². The maximum atomic E-state index is 11.3. The first-order chi connectivity index (χ1) is 8.11. The summed E-state index contributed by atoms with van der Waals surface area (Å²) >= 11 is 1.36. The molecule has 0 spiro atoms. The minimum absolute atomic E-state index is 0.0909. The van der Waals surface area contributed by atoms with Crippen molar-refractivity contribution in [1.29, 1.82) is 0 Å². The van der Waals surface area contributed by atoms with Gasteiger partial charge in [0, 0.05) is 11.9 Å². The van der Waals surface area contributed by atoms with Gasteiger partial charge in [-0.2, -0.15) is 0 Å². The summed E-state index contributed by atoms with van der Waals surface area (Å²) in [5.74, 6) is -0.940. The van der Waals surface area contributed by atoms with E-state index in [1.807, 2.05) is 5.38 Å². The lowest BCUT2D eigenvalue weighted by molar-refractivity contribution is -0.136. The highest BCUT2D eigenvalue weighted by Gasteiger charge is 2.06. The van der Waals surface area contributed by atoms with Crippen molar-refractivity contribution >= 4 is 28.5 Å². The molecule has 0 radical (unpaired) electrons. The van der Waals surface area contributed by atoms with Crippen LogP contribution in [0, 0.1) is 0 Å². The number of rotatable bonds is 6. The molecule has 3 N–H and O–H groups in total. The third kappa shape index (κ3) is 5.30. The molecular formula is C10H15N3O3S. The maximum absolute atomic E-state index is 11.3. The van der Waals surface area contributed by atoms with Crippen LogP contribution in [0.3, 0.4) is 0 Å². The van der Waals surface area contributed by atoms with E-state index in [4.69, 9.17) is 5.11 Å². The van der Waals surface area contributed by atoms with Crippen molar-refractivity contribution in [1.82, 2.24) is 10.3 Å². The van der Waals surface area contributed by atoms with Gasteiger partial charge in [-0.25, -0.2) is 9.78 Å². The number of carbonyl (C=O) groups is 2. The Morgan fingerprint density at radius 1 is 1.53 bits per heavy atom. The molecule has 7 heteroatoms. The van der Waals surface area contributed by atoms with Gasteiger partial charge in [0.05, 0.1) is 12.1 Å². The van der Waals surface area contributed by atoms with E-state index in [0.717, 1.165) is 18.5 Å². The van der Waals surface area contributed by atoms with Gasteiger partial charge >= 0.3 is 12.0 Å². The molecule has 94 valence electrons. The van der Waals surface area contributed by atoms with E-state index < -0.39 is 12.0 Å². The molecule has 0 aromatic carbocycles. The van der Waals surface area contributed by atoms with Crippen LogP contribution in [0.4, 0.5) is 9.93 Å². The fraction of sp³-hybridized carbons (Fsp3) is 0.500. The molecule has 1 aromatic rings. The molecule has 0 aliphatic heterocycles. The lowest BCUT2D eigenvalue weighted by Crippen LogP contribution is -2.30. The summed E-state index contributed by atoms with van der Waals surface area (Å²) in [4.78, 5) is 25.8. The van der Waals surface area contributed by atoms with Crippen LogP contribution in [0.5, 0.6) is 0 Å². The zero-order valence-corrected chi connectivity index (χ0v) is 10.3. The maximum Gasteiger partial charge on any atom is 0.321 e. The molecule has 0 saturated carbocycles. The summed E-state index contributed by atoms with van der Waals surface area (Å²) in [5, 5.41) is 15.8. The zero-order valence-electron chi connectivity index (χ0n) is 9.52. The number of aromatic nitrogens is 1. The first-order valence-corrected chi connectivity index (χ1v) is 6.20. The van der Waals surface area contributed by atoms with Gasteiger partial charge in [0.15, 0.2) is 5.13 Å². The van der Waals surface area contributed by atoms with Crippen LogP contribution < -0.4 is 10.6 Å². The Kier molecular flexibility index (Phi) is 5.41. The van der Waals surface area contributed by atoms with Crippen molar-refractivity contribution in [2.45, 2.75) is 26.2 Å². The normalized spacial score (nSPS) is 9.94. The Balaban J connectivity index is 2.31. The number of carboxylic acid groups (broad SMARTS) is 1. The zero-order chi connectivity index (χ0) is 12.7. The quantitative estimate of drug-likeness (QED) is 0.723. The average Bonchev–Trinajstić information content (AvgIpc) is 2.65. The summed E-state index contributed by atoms with van der Waals surface area (Å²) in [6.45, 7) is 2.17. The van der Waals surface area contributed by atoms with Crippen LogP contribution in [-0.2, 0) is 11.2 Å². The minimum atomic E-state index is -0.940. The number of urea groups is 1. The van der Waals surface area contributed by atoms with E-state index in [1.165, 1.54) is 11.3 Å². The second-order valence-electron chi connectivity index (χ2n) is 3.42. The molecule has 0 atom stereocenters. The molecule has 0 aliphatic rings. The molecule has 2 amide bonds. The lowest BCUT2D eigenvalue weighted by Gasteiger charge is -2.02. The molecule has 17 heavy (non-hydrogen) atoms. The number of carboxylic acids is 1. The Hall–Kier alpha value is -1.63. The predicted molar refractivity (Wildman–Crippen MR) is 65.4 cm³/mol. The lowest BCUT2D eigenvalue weighted by atomic mass is 10.3. The number of carbonyl (C=O) groups excluding carboxylic acids is 1. The third-order valence-corrected chi connectivity index (χ3v) is 2.71. The first kappa shape index (κ1) is 13.4. The van der Waals surface area contributed by atoms with E-state index in [1.54, 1.807) is 0 Å². The first-order valence-electron chi connectivity index (χ1n) is 5.33. The monoisotopic (exact) mass is 257 g/mol. The smallest absolute Gasteiger partial charge is 0.321 e. The highest BCUT2D eigenvalue weighted by Crippen LogP contribution is 2.16. The van der Waals surface area contributed by atoms with E-state index in [0.29, 0.717) is 5.13 Å². The molecule has 0 aliphatic carbocycles. The largest absolute Gasteiger partial charge is 0.481 e. The minimum Gasteiger partial charge on any atom is -0.481 e. The summed E-state index contributed by atoms with van der Waals surface area (Å²) in [7, 11) is 0. The fourth-order valence-electron chi connectivity index (χ4n) is 1.16. The number of hydrogen-bond acceptors (Lipinski definition) is 4. The van der Waals surface area contributed by atoms with Crippen LogP contribution in [0.2, 0.25) is 0 Å². The van der Waals surface area contributed by atoms with Gasteiger partial charge in [-0.05, 0) is 6.42 Å². The number of hydrogen-bond donors (Lipinski definition) is 3. The van der Waals surface area contributed by atoms with Gasteiger partial charge < -0.3 is 10.4 Å². The van der Waals surface area contributed by atoms with Crippen molar-refractivity contribution < 1.29 is 14.7 Å². The van der Waals surface area contributed by atoms with Crippen LogP contribution in [0.15, 0.2) is 5.38 Å². The number of thiazole rings is 1. The highest BCUT2D eigenvalue weighted by molar-refractivity contribution is 7.13. The molecular weight excluding hydrogens is 242 g/mol. The van der Waals surface area contributed by atoms with Crippen LogP contribution >= 0.6 is 11.3 Å². The number of nitrogens with zero attached hydrogens (tertiary/aromatic N) is 1. The highest BCUT2D eigenvalue weighted by atomic mass is 32.1. The fourth-order valence-corrected chi connectivity index (χ4v) is 1.90. The van der Waals surface area contributed by atoms with E-state index in [-0.39, 0.29) is 13.0 Å². The summed E-state index contributed by atoms with van der Waals surface area (Å²) in [6, 6.07) is -0.427. The van der Waals surface area contributed by atoms with Crippen LogP contribution in [0.25, 0.3) is 0 Å². The molecule has 1 aromatic heterocycles. The molecule has 0 bridgehead atoms. The second-order valence-corrected chi connectivity index (χ2v) is 4.28. The molecule has 6 nitrogen and oxygen atoms in total. The topological polar surface area (TPSA) is 91.3 Å². The Morgan fingerprint density at radius 2 is 2.29 bits per heavy atom. The molecule has 0 saturated heterocycles. The van der Waals surface area contributed by atoms with E-state index >= 15 is 0 Å². The number of aryl methyl sites for hydroxylation is 1. The summed E-state index contributed by atoms with van der Waals surface area (Å²) in [6.07, 6.45) is 1.80. The van der Waals surface area contributed by atoms with Gasteiger partial charge in [-0.3, -0.25) is 10.1 Å². The molecule has 0 fully saturated rings. The third-order valence-electron chi connectivity index (χ3n) is 1.90. The average molecular weight is 257 g/mol. The molecule has 1 heterocycles. The SMILES string of the molecule is CCCc1csc(NC(=O)NCCC(=O)O)n1. The van der Waals surface area contributed by atoms with Crippen molar-refractivity contribution in [2.24, 2.45) is 0 Å². The Bertz CT molecular complexity index is 392. The van der Waals surface area contributed by atoms with Gasteiger partial charge in [-0.1, -0.05) is 13.3 Å². The second kappa shape index (κ2) is 6.85. The van der Waals surface area contributed by atoms with Crippen LogP contribution in [0.1, 0.15) is 25.5 Å². The number of anilines is 1. The van der Waals surface area contributed by atoms with E-state index in [2.05, 4.69) is 22.5 Å². The van der Waals surface area contributed by atoms with Crippen LogP contribution in [-0.4, -0.2) is 28.6 Å². The van der Waals surface area contributed by atoms with Crippen molar-refractivity contribution in [3.8, 4) is 0 Å². The number of nitrogens with one attached hydrogen (secondary N) is 2. The summed E-state index contributed by atoms with van der Waals surface area (Å²) < 4.78 is 0. The van der Waals surface area contributed by atoms with Gasteiger partial charge in [0.1, 0.15) is 0 Å². The van der Waals surface area contributed by atoms with Crippen molar-refractivity contribution in [2.75, 3.05) is 11.9 Å². The van der Waals surface area contributed by atoms with Gasteiger partial charge in [0.25, 0.3) is 0 Å². The molecule has 1 rings (SSSR count). The Morgan fingerprint density at radius 3 is 2.94 bits per heavy atom. The summed E-state index contributed by atoms with van der Waals surface area (Å²) in [5.41, 5.74) is 0.957. The number of amides is 2.